The van der Waals surface area contributed by atoms with E-state index in [1.54, 1.807) is 0 Å². The van der Waals surface area contributed by atoms with E-state index >= 15 is 0 Å². The van der Waals surface area contributed by atoms with Crippen LogP contribution >= 0.6 is 0 Å². The molecule has 0 heterocycles. The van der Waals surface area contributed by atoms with Crippen molar-refractivity contribution in [2.24, 2.45) is 0 Å². The summed E-state index contributed by atoms with van der Waals surface area (Å²) in [4.78, 5) is 0. The second-order valence-corrected chi connectivity index (χ2v) is 4.57. The smallest absolute Gasteiger partial charge is 0.0166 e. The summed E-state index contributed by atoms with van der Waals surface area (Å²) in [6, 6.07) is 0. The zero-order chi connectivity index (χ0) is 14.7. The molecule has 0 aliphatic rings. The highest BCUT2D eigenvalue weighted by molar-refractivity contribution is 5.14. The largest absolute Gasteiger partial charge is 0.0882 e. The summed E-state index contributed by atoms with van der Waals surface area (Å²) in [6.45, 7) is 4.41. The fraction of sp³-hybridized carbons (Fsp3) is 0.400. The summed E-state index contributed by atoms with van der Waals surface area (Å²) >= 11 is 0. The van der Waals surface area contributed by atoms with Crippen LogP contribution in [0.15, 0.2) is 66.8 Å². The Kier molecular flexibility index (Phi) is 16.1. The number of unbranched alkanes of at least 4 members (excludes halogenated alkanes) is 3. The molecule has 0 saturated carbocycles. The zero-order valence-corrected chi connectivity index (χ0v) is 13.1. The summed E-state index contributed by atoms with van der Waals surface area (Å²) in [5.74, 6) is 0. The Morgan fingerprint density at radius 2 is 1.55 bits per heavy atom. The van der Waals surface area contributed by atoms with Crippen LogP contribution < -0.4 is 0 Å². The number of hydrogen-bond acceptors (Lipinski definition) is 0. The molecule has 0 heteroatoms. The molecule has 109 valence electrons. The van der Waals surface area contributed by atoms with Crippen LogP contribution in [0.25, 0.3) is 0 Å². The monoisotopic (exact) mass is 269 g/mol. The van der Waals surface area contributed by atoms with Crippen molar-refractivity contribution in [1.82, 2.24) is 0 Å². The van der Waals surface area contributed by atoms with Gasteiger partial charge in [0, 0.05) is 0 Å². The molecule has 0 amide bonds. The van der Waals surface area contributed by atoms with E-state index < -0.39 is 0 Å². The van der Waals surface area contributed by atoms with Crippen LogP contribution in [0, 0.1) is 6.08 Å². The summed E-state index contributed by atoms with van der Waals surface area (Å²) < 4.78 is 0. The molecule has 0 aliphatic carbocycles. The van der Waals surface area contributed by atoms with Crippen molar-refractivity contribution in [3.63, 3.8) is 0 Å². The fourth-order valence-corrected chi connectivity index (χ4v) is 1.46. The molecule has 20 heavy (non-hydrogen) atoms. The molecule has 1 radical (unpaired) electrons. The lowest BCUT2D eigenvalue weighted by atomic mass is 10.2. The Morgan fingerprint density at radius 3 is 2.35 bits per heavy atom. The molecule has 0 bridgehead atoms. The van der Waals surface area contributed by atoms with Gasteiger partial charge in [-0.2, -0.15) is 0 Å². The van der Waals surface area contributed by atoms with Gasteiger partial charge in [0.2, 0.25) is 0 Å². The summed E-state index contributed by atoms with van der Waals surface area (Å²) in [7, 11) is 0. The van der Waals surface area contributed by atoms with Crippen molar-refractivity contribution in [3.05, 3.63) is 72.9 Å². The van der Waals surface area contributed by atoms with E-state index in [0.29, 0.717) is 0 Å². The Morgan fingerprint density at radius 1 is 0.700 bits per heavy atom. The maximum atomic E-state index is 3.10. The van der Waals surface area contributed by atoms with Crippen LogP contribution in [0.3, 0.4) is 0 Å². The third-order valence-electron chi connectivity index (χ3n) is 2.61. The van der Waals surface area contributed by atoms with Crippen molar-refractivity contribution in [2.75, 3.05) is 0 Å². The van der Waals surface area contributed by atoms with Gasteiger partial charge in [-0.05, 0) is 25.3 Å². The van der Waals surface area contributed by atoms with Gasteiger partial charge < -0.3 is 0 Å². The second kappa shape index (κ2) is 17.4. The van der Waals surface area contributed by atoms with E-state index in [9.17, 15) is 0 Å². The first-order valence-corrected chi connectivity index (χ1v) is 7.79. The predicted octanol–water partition coefficient (Wildman–Crippen LogP) is 6.51. The highest BCUT2D eigenvalue weighted by Crippen LogP contribution is 1.95. The van der Waals surface area contributed by atoms with Crippen LogP contribution in [0.2, 0.25) is 0 Å². The number of allylic oxidation sites excluding steroid dienone is 12. The van der Waals surface area contributed by atoms with Gasteiger partial charge in [-0.1, -0.05) is 99.9 Å². The van der Waals surface area contributed by atoms with Crippen molar-refractivity contribution in [1.29, 1.82) is 0 Å². The van der Waals surface area contributed by atoms with Gasteiger partial charge in [0.25, 0.3) is 0 Å². The maximum Gasteiger partial charge on any atom is -0.0166 e. The molecule has 0 aromatic rings. The molecule has 0 saturated heterocycles. The molecule has 0 aliphatic heterocycles. The van der Waals surface area contributed by atoms with Gasteiger partial charge in [0.15, 0.2) is 0 Å². The average Bonchev–Trinajstić information content (AvgIpc) is 2.47. The van der Waals surface area contributed by atoms with E-state index in [-0.39, 0.29) is 0 Å². The van der Waals surface area contributed by atoms with Crippen LogP contribution in [0.1, 0.15) is 52.4 Å². The molecule has 0 N–H and O–H groups in total. The Labute approximate surface area is 126 Å². The van der Waals surface area contributed by atoms with Gasteiger partial charge in [-0.3, -0.25) is 0 Å². The van der Waals surface area contributed by atoms with Crippen LogP contribution in [0.4, 0.5) is 0 Å². The van der Waals surface area contributed by atoms with Crippen molar-refractivity contribution < 1.29 is 0 Å². The highest BCUT2D eigenvalue weighted by Gasteiger charge is 1.75. The molecule has 0 nitrogen and oxygen atoms in total. The fourth-order valence-electron chi connectivity index (χ4n) is 1.46. The first-order chi connectivity index (χ1) is 9.91. The van der Waals surface area contributed by atoms with E-state index in [0.717, 1.165) is 6.42 Å². The van der Waals surface area contributed by atoms with Crippen LogP contribution in [0.5, 0.6) is 0 Å². The molecular weight excluding hydrogens is 240 g/mol. The molecule has 0 fully saturated rings. The normalized spacial score (nSPS) is 13.5. The Bertz CT molecular complexity index is 348. The predicted molar refractivity (Wildman–Crippen MR) is 92.6 cm³/mol. The lowest BCUT2D eigenvalue weighted by molar-refractivity contribution is 0.815. The minimum absolute atomic E-state index is 1.01. The topological polar surface area (TPSA) is 0 Å². The van der Waals surface area contributed by atoms with Gasteiger partial charge in [0.05, 0.1) is 0 Å². The molecule has 0 aromatic heterocycles. The first kappa shape index (κ1) is 18.4. The third kappa shape index (κ3) is 16.4. The molecule has 0 aromatic carbocycles. The molecule has 0 atom stereocenters. The third-order valence-corrected chi connectivity index (χ3v) is 2.61. The lowest BCUT2D eigenvalue weighted by Crippen LogP contribution is -1.64. The van der Waals surface area contributed by atoms with Gasteiger partial charge >= 0.3 is 0 Å². The minimum atomic E-state index is 1.01. The highest BCUT2D eigenvalue weighted by atomic mass is 13.8. The quantitative estimate of drug-likeness (QED) is 0.228. The Balaban J connectivity index is 3.63. The van der Waals surface area contributed by atoms with Crippen LogP contribution in [-0.4, -0.2) is 0 Å². The molecule has 0 unspecified atom stereocenters. The van der Waals surface area contributed by atoms with Crippen molar-refractivity contribution in [2.45, 2.75) is 52.4 Å². The van der Waals surface area contributed by atoms with Crippen molar-refractivity contribution >= 4 is 0 Å². The van der Waals surface area contributed by atoms with E-state index in [1.807, 2.05) is 30.4 Å². The summed E-state index contributed by atoms with van der Waals surface area (Å²) in [5.41, 5.74) is 0. The Hall–Kier alpha value is -1.56. The number of rotatable bonds is 11. The second-order valence-electron chi connectivity index (χ2n) is 4.57. The molecule has 0 rings (SSSR count). The van der Waals surface area contributed by atoms with E-state index in [2.05, 4.69) is 56.4 Å². The number of hydrogen-bond donors (Lipinski definition) is 0. The molecule has 0 spiro atoms. The zero-order valence-electron chi connectivity index (χ0n) is 13.1. The molecular formula is C20H29. The van der Waals surface area contributed by atoms with Crippen LogP contribution in [-0.2, 0) is 0 Å². The summed E-state index contributed by atoms with van der Waals surface area (Å²) in [5, 5.41) is 0. The maximum absolute atomic E-state index is 3.10. The van der Waals surface area contributed by atoms with Gasteiger partial charge in [0.1, 0.15) is 0 Å². The van der Waals surface area contributed by atoms with E-state index in [4.69, 9.17) is 0 Å². The van der Waals surface area contributed by atoms with E-state index in [1.165, 1.54) is 32.1 Å². The van der Waals surface area contributed by atoms with Gasteiger partial charge in [-0.25, -0.2) is 0 Å². The van der Waals surface area contributed by atoms with Crippen molar-refractivity contribution in [3.8, 4) is 0 Å². The standard InChI is InChI=1S/C20H29/c1-3-5-7-9-11-13-15-17-19-20-18-16-14-12-10-8-6-4-2/h7,9-10,12-19H,3-6,8,11H2,1-2H3. The van der Waals surface area contributed by atoms with Gasteiger partial charge in [-0.15, -0.1) is 0 Å². The minimum Gasteiger partial charge on any atom is -0.0882 e. The first-order valence-electron chi connectivity index (χ1n) is 7.79. The lowest BCUT2D eigenvalue weighted by Gasteiger charge is -1.84. The average molecular weight is 269 g/mol. The SMILES string of the molecule is CCCC=CCC=CC=C/[C]=C/C=CC=CCCCC. The summed E-state index contributed by atoms with van der Waals surface area (Å²) in [6.07, 6.45) is 33.1.